The van der Waals surface area contributed by atoms with Crippen molar-refractivity contribution in [2.24, 2.45) is 5.10 Å². The van der Waals surface area contributed by atoms with Crippen LogP contribution in [-0.4, -0.2) is 45.8 Å². The lowest BCUT2D eigenvalue weighted by Crippen LogP contribution is -2.19. The van der Waals surface area contributed by atoms with Crippen LogP contribution in [0.1, 0.15) is 16.1 Å². The Morgan fingerprint density at radius 2 is 2.00 bits per heavy atom. The van der Waals surface area contributed by atoms with E-state index in [-0.39, 0.29) is 11.6 Å². The molecule has 0 atom stereocenters. The number of amides is 1. The van der Waals surface area contributed by atoms with Crippen molar-refractivity contribution >= 4 is 12.1 Å². The highest BCUT2D eigenvalue weighted by Crippen LogP contribution is 2.18. The molecule has 11 heteroatoms. The van der Waals surface area contributed by atoms with E-state index in [0.29, 0.717) is 22.6 Å². The Morgan fingerprint density at radius 3 is 2.72 bits per heavy atom. The molecule has 0 aliphatic rings. The number of aromatic nitrogens is 4. The lowest BCUT2D eigenvalue weighted by molar-refractivity contribution is -0.0528. The number of hydrogen-bond donors (Lipinski definition) is 1. The molecule has 0 spiro atoms. The predicted molar refractivity (Wildman–Crippen MR) is 97.7 cm³/mol. The number of halogens is 2. The van der Waals surface area contributed by atoms with E-state index < -0.39 is 12.5 Å². The van der Waals surface area contributed by atoms with E-state index in [9.17, 15) is 13.6 Å². The van der Waals surface area contributed by atoms with Crippen molar-refractivity contribution in [3.8, 4) is 22.9 Å². The maximum Gasteiger partial charge on any atom is 0.388 e. The van der Waals surface area contributed by atoms with Crippen LogP contribution in [0.2, 0.25) is 0 Å². The number of rotatable bonds is 7. The zero-order valence-electron chi connectivity index (χ0n) is 15.0. The molecule has 3 aromatic heterocycles. The molecule has 0 aromatic carbocycles. The van der Waals surface area contributed by atoms with E-state index in [1.54, 1.807) is 12.3 Å². The lowest BCUT2D eigenvalue weighted by Gasteiger charge is -2.05. The van der Waals surface area contributed by atoms with Crippen LogP contribution in [0.15, 0.2) is 54.3 Å². The molecule has 1 N–H and O–H groups in total. The van der Waals surface area contributed by atoms with Crippen LogP contribution in [0.25, 0.3) is 11.3 Å². The minimum atomic E-state index is -2.96. The molecule has 0 aliphatic heterocycles. The Hall–Kier alpha value is -4.02. The molecule has 148 valence electrons. The fourth-order valence-electron chi connectivity index (χ4n) is 2.15. The number of hydrogen-bond acceptors (Lipinski definition) is 8. The summed E-state index contributed by atoms with van der Waals surface area (Å²) in [6, 6.07) is 4.43. The highest BCUT2D eigenvalue weighted by atomic mass is 19.3. The third-order valence-electron chi connectivity index (χ3n) is 3.46. The van der Waals surface area contributed by atoms with Gasteiger partial charge >= 0.3 is 6.61 Å². The van der Waals surface area contributed by atoms with Crippen LogP contribution in [0.5, 0.6) is 11.6 Å². The van der Waals surface area contributed by atoms with Gasteiger partial charge in [-0.05, 0) is 12.1 Å². The largest absolute Gasteiger partial charge is 0.495 e. The molecule has 0 unspecified atom stereocenters. The van der Waals surface area contributed by atoms with Gasteiger partial charge in [0.15, 0.2) is 0 Å². The third-order valence-corrected chi connectivity index (χ3v) is 3.46. The van der Waals surface area contributed by atoms with Gasteiger partial charge < -0.3 is 9.47 Å². The van der Waals surface area contributed by atoms with Gasteiger partial charge in [-0.25, -0.2) is 15.4 Å². The maximum absolute atomic E-state index is 12.2. The Labute approximate surface area is 163 Å². The van der Waals surface area contributed by atoms with Crippen molar-refractivity contribution < 1.29 is 23.0 Å². The lowest BCUT2D eigenvalue weighted by atomic mass is 10.2. The number of carbonyl (C=O) groups excluding carboxylic acids is 1. The summed E-state index contributed by atoms with van der Waals surface area (Å²) in [5.41, 5.74) is 3.77. The molecule has 0 aliphatic carbocycles. The number of alkyl halides is 2. The number of ether oxygens (including phenoxy) is 2. The van der Waals surface area contributed by atoms with Crippen molar-refractivity contribution in [1.82, 2.24) is 25.4 Å². The smallest absolute Gasteiger partial charge is 0.388 e. The first-order chi connectivity index (χ1) is 14.0. The van der Waals surface area contributed by atoms with Crippen LogP contribution in [0, 0.1) is 0 Å². The van der Waals surface area contributed by atoms with Crippen molar-refractivity contribution in [3.05, 3.63) is 60.4 Å². The number of hydrazone groups is 1. The summed E-state index contributed by atoms with van der Waals surface area (Å²) >= 11 is 0. The van der Waals surface area contributed by atoms with E-state index >= 15 is 0 Å². The molecule has 0 saturated carbocycles. The quantitative estimate of drug-likeness (QED) is 0.478. The summed E-state index contributed by atoms with van der Waals surface area (Å²) < 4.78 is 33.6. The van der Waals surface area contributed by atoms with Crippen molar-refractivity contribution in [2.45, 2.75) is 6.61 Å². The van der Waals surface area contributed by atoms with Gasteiger partial charge in [0.05, 0.1) is 37.6 Å². The fourth-order valence-corrected chi connectivity index (χ4v) is 2.15. The highest BCUT2D eigenvalue weighted by molar-refractivity contribution is 5.93. The highest BCUT2D eigenvalue weighted by Gasteiger charge is 2.11. The maximum atomic E-state index is 12.2. The molecule has 3 aromatic rings. The number of carbonyl (C=O) groups is 1. The molecule has 3 heterocycles. The Balaban J connectivity index is 1.68. The summed E-state index contributed by atoms with van der Waals surface area (Å²) in [4.78, 5) is 28.1. The Morgan fingerprint density at radius 1 is 1.17 bits per heavy atom. The standard InChI is InChI=1S/C18H14F2N6O3/c1-28-13-4-11(5-21-8-13)6-24-26-17(27)15-10-22-9-14(25-15)12-2-3-16(23-7-12)29-18(19)20/h2-10,18H,1H3,(H,26,27)/b24-6+. The second kappa shape index (κ2) is 9.26. The Bertz CT molecular complexity index is 1010. The normalized spacial score (nSPS) is 10.9. The van der Waals surface area contributed by atoms with Gasteiger partial charge in [-0.1, -0.05) is 0 Å². The van der Waals surface area contributed by atoms with Gasteiger partial charge in [0.1, 0.15) is 11.4 Å². The number of methoxy groups -OCH3 is 1. The first-order valence-electron chi connectivity index (χ1n) is 8.11. The molecule has 0 bridgehead atoms. The van der Waals surface area contributed by atoms with E-state index in [0.717, 1.165) is 0 Å². The van der Waals surface area contributed by atoms with Gasteiger partial charge in [0.2, 0.25) is 5.88 Å². The van der Waals surface area contributed by atoms with Gasteiger partial charge in [-0.3, -0.25) is 14.8 Å². The van der Waals surface area contributed by atoms with Crippen molar-refractivity contribution in [3.63, 3.8) is 0 Å². The molecule has 29 heavy (non-hydrogen) atoms. The van der Waals surface area contributed by atoms with Crippen LogP contribution in [0.4, 0.5) is 8.78 Å². The molecule has 0 fully saturated rings. The van der Waals surface area contributed by atoms with Crippen LogP contribution in [0.3, 0.4) is 0 Å². The van der Waals surface area contributed by atoms with Crippen LogP contribution in [-0.2, 0) is 0 Å². The summed E-state index contributed by atoms with van der Waals surface area (Å²) in [5.74, 6) is -0.263. The molecular weight excluding hydrogens is 386 g/mol. The van der Waals surface area contributed by atoms with Crippen molar-refractivity contribution in [2.75, 3.05) is 7.11 Å². The molecular formula is C18H14F2N6O3. The molecule has 1 amide bonds. The number of nitrogens with one attached hydrogen (secondary N) is 1. The molecule has 0 saturated heterocycles. The third kappa shape index (κ3) is 5.48. The van der Waals surface area contributed by atoms with E-state index in [2.05, 4.69) is 35.2 Å². The summed E-state index contributed by atoms with van der Waals surface area (Å²) in [6.45, 7) is -2.96. The second-order valence-corrected chi connectivity index (χ2v) is 5.41. The summed E-state index contributed by atoms with van der Waals surface area (Å²) in [6.07, 6.45) is 8.45. The Kier molecular flexibility index (Phi) is 6.30. The topological polar surface area (TPSA) is 111 Å². The zero-order chi connectivity index (χ0) is 20.6. The van der Waals surface area contributed by atoms with Gasteiger partial charge in [0.25, 0.3) is 5.91 Å². The van der Waals surface area contributed by atoms with E-state index in [4.69, 9.17) is 4.74 Å². The predicted octanol–water partition coefficient (Wildman–Crippen LogP) is 2.31. The van der Waals surface area contributed by atoms with Gasteiger partial charge in [-0.15, -0.1) is 0 Å². The monoisotopic (exact) mass is 400 g/mol. The fraction of sp³-hybridized carbons (Fsp3) is 0.111. The zero-order valence-corrected chi connectivity index (χ0v) is 15.0. The average molecular weight is 400 g/mol. The molecule has 0 radical (unpaired) electrons. The van der Waals surface area contributed by atoms with Crippen LogP contribution >= 0.6 is 0 Å². The average Bonchev–Trinajstić information content (AvgIpc) is 2.74. The summed E-state index contributed by atoms with van der Waals surface area (Å²) in [7, 11) is 1.51. The SMILES string of the molecule is COc1cncc(/C=N/NC(=O)c2cncc(-c3ccc(OC(F)F)nc3)n2)c1. The number of pyridine rings is 2. The van der Waals surface area contributed by atoms with Gasteiger partial charge in [0, 0.05) is 29.6 Å². The van der Waals surface area contributed by atoms with E-state index in [1.165, 1.54) is 50.2 Å². The van der Waals surface area contributed by atoms with Gasteiger partial charge in [-0.2, -0.15) is 13.9 Å². The van der Waals surface area contributed by atoms with E-state index in [1.807, 2.05) is 0 Å². The molecule has 9 nitrogen and oxygen atoms in total. The van der Waals surface area contributed by atoms with Crippen LogP contribution < -0.4 is 14.9 Å². The minimum absolute atomic E-state index is 0.0105. The molecule has 3 rings (SSSR count). The first kappa shape index (κ1) is 19.7. The second-order valence-electron chi connectivity index (χ2n) is 5.41. The number of nitrogens with zero attached hydrogens (tertiary/aromatic N) is 5. The van der Waals surface area contributed by atoms with Crippen molar-refractivity contribution in [1.29, 1.82) is 0 Å². The first-order valence-corrected chi connectivity index (χ1v) is 8.11. The minimum Gasteiger partial charge on any atom is -0.495 e. The summed E-state index contributed by atoms with van der Waals surface area (Å²) in [5, 5.41) is 3.85.